The van der Waals surface area contributed by atoms with Crippen LogP contribution in [0.5, 0.6) is 0 Å². The fourth-order valence-electron chi connectivity index (χ4n) is 4.70. The van der Waals surface area contributed by atoms with Crippen molar-refractivity contribution in [3.05, 3.63) is 78.9 Å². The summed E-state index contributed by atoms with van der Waals surface area (Å²) in [4.78, 5) is 17.8. The van der Waals surface area contributed by atoms with Crippen LogP contribution in [0.1, 0.15) is 25.1 Å². The summed E-state index contributed by atoms with van der Waals surface area (Å²) in [7, 11) is 2.17. The number of aromatic amines is 2. The number of likely N-dealkylation sites (N-methyl/N-ethyl adjacent to an activating group) is 1. The Labute approximate surface area is 224 Å². The lowest BCUT2D eigenvalue weighted by Crippen LogP contribution is -2.43. The van der Waals surface area contributed by atoms with Crippen molar-refractivity contribution < 1.29 is 0 Å². The zero-order valence-corrected chi connectivity index (χ0v) is 22.7. The highest BCUT2D eigenvalue weighted by atomic mass is 15.3. The molecule has 8 nitrogen and oxygen atoms in total. The van der Waals surface area contributed by atoms with E-state index in [1.54, 1.807) is 6.20 Å². The normalized spacial score (nSPS) is 14.9. The summed E-state index contributed by atoms with van der Waals surface area (Å²) in [6.45, 7) is 18.5. The minimum atomic E-state index is 0.328. The van der Waals surface area contributed by atoms with Crippen LogP contribution in [0.2, 0.25) is 0 Å². The number of pyridine rings is 2. The van der Waals surface area contributed by atoms with Crippen LogP contribution >= 0.6 is 0 Å². The van der Waals surface area contributed by atoms with Crippen LogP contribution in [-0.4, -0.2) is 68.2 Å². The van der Waals surface area contributed by atoms with Crippen molar-refractivity contribution >= 4 is 22.4 Å². The van der Waals surface area contributed by atoms with Gasteiger partial charge in [-0.25, -0.2) is 4.98 Å². The maximum absolute atomic E-state index is 5.00. The van der Waals surface area contributed by atoms with Crippen LogP contribution in [0, 0.1) is 12.8 Å². The summed E-state index contributed by atoms with van der Waals surface area (Å²) >= 11 is 0. The van der Waals surface area contributed by atoms with E-state index in [4.69, 9.17) is 4.98 Å². The lowest BCUT2D eigenvalue weighted by molar-refractivity contribution is 0.207. The lowest BCUT2D eigenvalue weighted by atomic mass is 10.1. The van der Waals surface area contributed by atoms with E-state index in [1.165, 1.54) is 5.70 Å². The first-order valence-corrected chi connectivity index (χ1v) is 13.1. The number of piperazine rings is 1. The van der Waals surface area contributed by atoms with Crippen molar-refractivity contribution in [3.63, 3.8) is 0 Å². The fraction of sp³-hybridized carbons (Fsp3) is 0.300. The van der Waals surface area contributed by atoms with Crippen molar-refractivity contribution in [3.8, 4) is 22.6 Å². The molecule has 4 aromatic heterocycles. The second-order valence-electron chi connectivity index (χ2n) is 10.2. The molecule has 5 heterocycles. The number of hydrogen-bond donors (Lipinski definition) is 3. The van der Waals surface area contributed by atoms with Crippen molar-refractivity contribution in [1.82, 2.24) is 34.9 Å². The van der Waals surface area contributed by atoms with Gasteiger partial charge in [-0.15, -0.1) is 0 Å². The second kappa shape index (κ2) is 10.7. The number of H-pyrrole nitrogens is 2. The summed E-state index contributed by atoms with van der Waals surface area (Å²) < 4.78 is 0. The Kier molecular flexibility index (Phi) is 7.15. The van der Waals surface area contributed by atoms with Crippen molar-refractivity contribution in [2.75, 3.05) is 38.5 Å². The molecule has 196 valence electrons. The van der Waals surface area contributed by atoms with Gasteiger partial charge in [0, 0.05) is 60.6 Å². The topological polar surface area (TPSA) is 88.8 Å². The number of nitrogens with one attached hydrogen (secondary N) is 3. The molecule has 0 aromatic carbocycles. The highest BCUT2D eigenvalue weighted by molar-refractivity contribution is 5.91. The average Bonchev–Trinajstić information content (AvgIpc) is 3.50. The maximum Gasteiger partial charge on any atom is 0.135 e. The SMILES string of the molecule is C=C/C=C(\c1cc(-c2n[nH]c3ccc(-c4cncc(NC(=C)C(C)C)c4)nc23)[nH]c1C)N1CCN(C)CC1. The van der Waals surface area contributed by atoms with Gasteiger partial charge < -0.3 is 20.1 Å². The number of anilines is 1. The van der Waals surface area contributed by atoms with E-state index < -0.39 is 0 Å². The van der Waals surface area contributed by atoms with Gasteiger partial charge in [0.2, 0.25) is 0 Å². The first kappa shape index (κ1) is 25.5. The molecule has 0 radical (unpaired) electrons. The van der Waals surface area contributed by atoms with Crippen LogP contribution in [-0.2, 0) is 0 Å². The smallest absolute Gasteiger partial charge is 0.135 e. The zero-order valence-electron chi connectivity index (χ0n) is 22.7. The van der Waals surface area contributed by atoms with Crippen LogP contribution in [0.15, 0.2) is 67.7 Å². The molecule has 3 N–H and O–H groups in total. The number of aromatic nitrogens is 5. The number of rotatable bonds is 8. The Balaban J connectivity index is 1.49. The minimum Gasteiger partial charge on any atom is -0.368 e. The van der Waals surface area contributed by atoms with Gasteiger partial charge in [0.05, 0.1) is 28.8 Å². The van der Waals surface area contributed by atoms with Crippen LogP contribution in [0.25, 0.3) is 39.4 Å². The average molecular weight is 509 g/mol. The zero-order chi connectivity index (χ0) is 26.8. The van der Waals surface area contributed by atoms with Crippen molar-refractivity contribution in [1.29, 1.82) is 0 Å². The maximum atomic E-state index is 5.00. The molecule has 1 fully saturated rings. The number of allylic oxidation sites excluding steroid dienone is 3. The predicted molar refractivity (Wildman–Crippen MR) is 156 cm³/mol. The molecule has 0 aliphatic carbocycles. The van der Waals surface area contributed by atoms with Gasteiger partial charge in [0.25, 0.3) is 0 Å². The Morgan fingerprint density at radius 1 is 1.13 bits per heavy atom. The number of hydrogen-bond acceptors (Lipinski definition) is 6. The van der Waals surface area contributed by atoms with Crippen LogP contribution in [0.3, 0.4) is 0 Å². The van der Waals surface area contributed by atoms with Gasteiger partial charge in [-0.05, 0) is 50.2 Å². The standard InChI is InChI=1S/C30H36N8/c1-7-8-28(38-13-11-37(6)12-14-38)24-16-27(33-21(24)5)30-29-26(35-36-30)10-9-25(34-29)22-15-23(18-31-17-22)32-20(4)19(2)3/h7-10,15-19,32-33H,1,4,11-14H2,2-3,5-6H3,(H,35,36)/b28-8+. The van der Waals surface area contributed by atoms with Gasteiger partial charge in [0.15, 0.2) is 0 Å². The lowest BCUT2D eigenvalue weighted by Gasteiger charge is -2.35. The predicted octanol–water partition coefficient (Wildman–Crippen LogP) is 5.68. The first-order valence-electron chi connectivity index (χ1n) is 13.1. The third-order valence-electron chi connectivity index (χ3n) is 7.11. The molecule has 0 amide bonds. The number of nitrogens with zero attached hydrogens (tertiary/aromatic N) is 5. The molecule has 8 heteroatoms. The summed E-state index contributed by atoms with van der Waals surface area (Å²) in [5.74, 6) is 0.328. The summed E-state index contributed by atoms with van der Waals surface area (Å²) in [5.41, 5.74) is 10.5. The molecule has 0 bridgehead atoms. The molecule has 1 saturated heterocycles. The van der Waals surface area contributed by atoms with E-state index in [2.05, 4.69) is 88.4 Å². The Morgan fingerprint density at radius 2 is 1.92 bits per heavy atom. The third kappa shape index (κ3) is 5.13. The van der Waals surface area contributed by atoms with E-state index in [0.29, 0.717) is 5.92 Å². The molecule has 38 heavy (non-hydrogen) atoms. The largest absolute Gasteiger partial charge is 0.368 e. The molecule has 0 spiro atoms. The van der Waals surface area contributed by atoms with E-state index >= 15 is 0 Å². The summed E-state index contributed by atoms with van der Waals surface area (Å²) in [5, 5.41) is 11.1. The Hall–Kier alpha value is -4.17. The fourth-order valence-corrected chi connectivity index (χ4v) is 4.70. The van der Waals surface area contributed by atoms with Crippen LogP contribution in [0.4, 0.5) is 5.69 Å². The number of fused-ring (bicyclic) bond motifs is 1. The second-order valence-corrected chi connectivity index (χ2v) is 10.2. The van der Waals surface area contributed by atoms with Crippen LogP contribution < -0.4 is 5.32 Å². The molecule has 0 atom stereocenters. The summed E-state index contributed by atoms with van der Waals surface area (Å²) in [6.07, 6.45) is 7.60. The van der Waals surface area contributed by atoms with E-state index in [1.807, 2.05) is 30.5 Å². The molecule has 1 aliphatic rings. The minimum absolute atomic E-state index is 0.328. The van der Waals surface area contributed by atoms with Gasteiger partial charge in [-0.3, -0.25) is 10.1 Å². The summed E-state index contributed by atoms with van der Waals surface area (Å²) in [6, 6.07) is 8.24. The molecule has 4 aromatic rings. The highest BCUT2D eigenvalue weighted by Gasteiger charge is 2.21. The third-order valence-corrected chi connectivity index (χ3v) is 7.11. The quantitative estimate of drug-likeness (QED) is 0.266. The van der Waals surface area contributed by atoms with Gasteiger partial charge in [0.1, 0.15) is 11.2 Å². The van der Waals surface area contributed by atoms with E-state index in [0.717, 1.165) is 82.5 Å². The van der Waals surface area contributed by atoms with Crippen molar-refractivity contribution in [2.24, 2.45) is 5.92 Å². The highest BCUT2D eigenvalue weighted by Crippen LogP contribution is 2.32. The Bertz CT molecular complexity index is 1500. The Morgan fingerprint density at radius 3 is 2.66 bits per heavy atom. The van der Waals surface area contributed by atoms with Gasteiger partial charge in [-0.1, -0.05) is 33.1 Å². The molecule has 5 rings (SSSR count). The monoisotopic (exact) mass is 508 g/mol. The van der Waals surface area contributed by atoms with E-state index in [9.17, 15) is 0 Å². The first-order chi connectivity index (χ1) is 18.3. The molecular weight excluding hydrogens is 472 g/mol. The van der Waals surface area contributed by atoms with E-state index in [-0.39, 0.29) is 0 Å². The molecule has 1 aliphatic heterocycles. The molecule has 0 unspecified atom stereocenters. The number of aryl methyl sites for hydroxylation is 1. The van der Waals surface area contributed by atoms with Gasteiger partial charge >= 0.3 is 0 Å². The van der Waals surface area contributed by atoms with Gasteiger partial charge in [-0.2, -0.15) is 5.10 Å². The molecular formula is C30H36N8. The molecule has 0 saturated carbocycles. The van der Waals surface area contributed by atoms with Crippen molar-refractivity contribution in [2.45, 2.75) is 20.8 Å².